The van der Waals surface area contributed by atoms with Crippen molar-refractivity contribution in [1.82, 2.24) is 9.97 Å². The third kappa shape index (κ3) is 3.71. The molecule has 0 aliphatic carbocycles. The lowest BCUT2D eigenvalue weighted by Crippen LogP contribution is -2.12. The maximum Gasteiger partial charge on any atom is 0.240 e. The standard InChI is InChI=1S/C10H18N4O/c1-7(2)4-5-15-9-8(3)6-12-10(13-9)14-11/h6-7H,4-5,11H2,1-3H3,(H,12,13,14). The van der Waals surface area contributed by atoms with Gasteiger partial charge >= 0.3 is 0 Å². The number of hydrogen-bond donors (Lipinski definition) is 2. The highest BCUT2D eigenvalue weighted by Crippen LogP contribution is 2.15. The summed E-state index contributed by atoms with van der Waals surface area (Å²) in [4.78, 5) is 8.09. The van der Waals surface area contributed by atoms with Crippen molar-refractivity contribution in [2.75, 3.05) is 12.0 Å². The molecular formula is C10H18N4O. The molecule has 0 saturated carbocycles. The first kappa shape index (κ1) is 11.7. The average molecular weight is 210 g/mol. The molecule has 1 heterocycles. The second-order valence-corrected chi connectivity index (χ2v) is 3.86. The van der Waals surface area contributed by atoms with Crippen LogP contribution in [0.15, 0.2) is 6.20 Å². The summed E-state index contributed by atoms with van der Waals surface area (Å²) in [5.74, 6) is 6.81. The Morgan fingerprint density at radius 3 is 2.87 bits per heavy atom. The summed E-state index contributed by atoms with van der Waals surface area (Å²) in [6.07, 6.45) is 2.70. The Morgan fingerprint density at radius 1 is 1.53 bits per heavy atom. The summed E-state index contributed by atoms with van der Waals surface area (Å²) < 4.78 is 5.54. The zero-order valence-corrected chi connectivity index (χ0v) is 9.45. The lowest BCUT2D eigenvalue weighted by atomic mass is 10.1. The number of hydrogen-bond acceptors (Lipinski definition) is 5. The van der Waals surface area contributed by atoms with Crippen molar-refractivity contribution >= 4 is 5.95 Å². The summed E-state index contributed by atoms with van der Waals surface area (Å²) in [7, 11) is 0. The molecule has 0 aromatic carbocycles. The van der Waals surface area contributed by atoms with Crippen molar-refractivity contribution in [2.24, 2.45) is 11.8 Å². The minimum absolute atomic E-state index is 0.375. The third-order valence-electron chi connectivity index (χ3n) is 1.99. The van der Waals surface area contributed by atoms with Gasteiger partial charge in [0.05, 0.1) is 6.61 Å². The van der Waals surface area contributed by atoms with Gasteiger partial charge in [-0.05, 0) is 19.3 Å². The van der Waals surface area contributed by atoms with E-state index in [0.29, 0.717) is 24.4 Å². The van der Waals surface area contributed by atoms with Gasteiger partial charge in [-0.15, -0.1) is 0 Å². The van der Waals surface area contributed by atoms with Gasteiger partial charge in [-0.3, -0.25) is 5.43 Å². The topological polar surface area (TPSA) is 73.1 Å². The fourth-order valence-electron chi connectivity index (χ4n) is 1.03. The van der Waals surface area contributed by atoms with Crippen LogP contribution < -0.4 is 16.0 Å². The molecule has 0 aliphatic rings. The van der Waals surface area contributed by atoms with E-state index in [0.717, 1.165) is 12.0 Å². The van der Waals surface area contributed by atoms with Gasteiger partial charge in [-0.25, -0.2) is 10.8 Å². The van der Waals surface area contributed by atoms with Crippen molar-refractivity contribution in [3.05, 3.63) is 11.8 Å². The highest BCUT2D eigenvalue weighted by molar-refractivity contribution is 5.31. The Balaban J connectivity index is 2.59. The third-order valence-corrected chi connectivity index (χ3v) is 1.99. The molecule has 0 fully saturated rings. The summed E-state index contributed by atoms with van der Waals surface area (Å²) in [6, 6.07) is 0. The Labute approximate surface area is 90.0 Å². The molecule has 0 saturated heterocycles. The Kier molecular flexibility index (Phi) is 4.30. The van der Waals surface area contributed by atoms with Crippen LogP contribution in [0.5, 0.6) is 5.88 Å². The van der Waals surface area contributed by atoms with E-state index in [-0.39, 0.29) is 0 Å². The van der Waals surface area contributed by atoms with Crippen LogP contribution in [0.25, 0.3) is 0 Å². The minimum atomic E-state index is 0.375. The number of nitrogen functional groups attached to an aromatic ring is 1. The van der Waals surface area contributed by atoms with Gasteiger partial charge < -0.3 is 4.74 Å². The fourth-order valence-corrected chi connectivity index (χ4v) is 1.03. The number of rotatable bonds is 5. The fraction of sp³-hybridized carbons (Fsp3) is 0.600. The first-order chi connectivity index (χ1) is 7.13. The van der Waals surface area contributed by atoms with Crippen molar-refractivity contribution in [2.45, 2.75) is 27.2 Å². The second kappa shape index (κ2) is 5.50. The van der Waals surface area contributed by atoms with Crippen LogP contribution in [0.4, 0.5) is 5.95 Å². The van der Waals surface area contributed by atoms with Gasteiger partial charge in [0.1, 0.15) is 0 Å². The lowest BCUT2D eigenvalue weighted by molar-refractivity contribution is 0.277. The van der Waals surface area contributed by atoms with Crippen molar-refractivity contribution in [1.29, 1.82) is 0 Å². The molecule has 0 aliphatic heterocycles. The van der Waals surface area contributed by atoms with Crippen LogP contribution >= 0.6 is 0 Å². The number of nitrogens with two attached hydrogens (primary N) is 1. The molecular weight excluding hydrogens is 192 g/mol. The van der Waals surface area contributed by atoms with E-state index in [9.17, 15) is 0 Å². The molecule has 3 N–H and O–H groups in total. The van der Waals surface area contributed by atoms with E-state index in [1.807, 2.05) is 6.92 Å². The monoisotopic (exact) mass is 210 g/mol. The molecule has 0 bridgehead atoms. The summed E-state index contributed by atoms with van der Waals surface area (Å²) in [5, 5.41) is 0. The van der Waals surface area contributed by atoms with Crippen molar-refractivity contribution in [3.8, 4) is 5.88 Å². The molecule has 15 heavy (non-hydrogen) atoms. The van der Waals surface area contributed by atoms with E-state index >= 15 is 0 Å². The minimum Gasteiger partial charge on any atom is -0.477 e. The normalized spacial score (nSPS) is 10.5. The smallest absolute Gasteiger partial charge is 0.240 e. The van der Waals surface area contributed by atoms with Crippen LogP contribution in [0, 0.1) is 12.8 Å². The first-order valence-corrected chi connectivity index (χ1v) is 5.06. The number of anilines is 1. The van der Waals surface area contributed by atoms with Gasteiger partial charge in [0.2, 0.25) is 11.8 Å². The number of ether oxygens (including phenoxy) is 1. The SMILES string of the molecule is Cc1cnc(NN)nc1OCCC(C)C. The molecule has 0 unspecified atom stereocenters. The van der Waals surface area contributed by atoms with Gasteiger partial charge in [0.25, 0.3) is 0 Å². The van der Waals surface area contributed by atoms with Crippen molar-refractivity contribution in [3.63, 3.8) is 0 Å². The van der Waals surface area contributed by atoms with E-state index in [1.54, 1.807) is 6.20 Å². The Hall–Kier alpha value is -1.36. The molecule has 1 aromatic heterocycles. The lowest BCUT2D eigenvalue weighted by Gasteiger charge is -2.09. The number of hydrazine groups is 1. The number of nitrogens with one attached hydrogen (secondary N) is 1. The Bertz CT molecular complexity index is 314. The predicted molar refractivity (Wildman–Crippen MR) is 59.5 cm³/mol. The average Bonchev–Trinajstić information content (AvgIpc) is 2.20. The number of nitrogens with zero attached hydrogens (tertiary/aromatic N) is 2. The largest absolute Gasteiger partial charge is 0.477 e. The maximum absolute atomic E-state index is 5.54. The first-order valence-electron chi connectivity index (χ1n) is 5.06. The van der Waals surface area contributed by atoms with Crippen LogP contribution in [-0.2, 0) is 0 Å². The zero-order chi connectivity index (χ0) is 11.3. The van der Waals surface area contributed by atoms with E-state index in [2.05, 4.69) is 29.2 Å². The van der Waals surface area contributed by atoms with Gasteiger partial charge in [0, 0.05) is 11.8 Å². The molecule has 0 amide bonds. The van der Waals surface area contributed by atoms with Gasteiger partial charge in [-0.1, -0.05) is 13.8 Å². The summed E-state index contributed by atoms with van der Waals surface area (Å²) in [5.41, 5.74) is 3.31. The molecule has 5 heteroatoms. The molecule has 0 atom stereocenters. The maximum atomic E-state index is 5.54. The van der Waals surface area contributed by atoms with Gasteiger partial charge in [0.15, 0.2) is 0 Å². The highest BCUT2D eigenvalue weighted by Gasteiger charge is 2.04. The van der Waals surface area contributed by atoms with E-state index in [4.69, 9.17) is 10.6 Å². The molecule has 1 rings (SSSR count). The number of aryl methyl sites for hydroxylation is 1. The highest BCUT2D eigenvalue weighted by atomic mass is 16.5. The molecule has 84 valence electrons. The quantitative estimate of drug-likeness (QED) is 0.569. The molecule has 5 nitrogen and oxygen atoms in total. The van der Waals surface area contributed by atoms with Crippen molar-refractivity contribution < 1.29 is 4.74 Å². The Morgan fingerprint density at radius 2 is 2.27 bits per heavy atom. The van der Waals surface area contributed by atoms with Gasteiger partial charge in [-0.2, -0.15) is 4.98 Å². The number of aromatic nitrogens is 2. The van der Waals surface area contributed by atoms with E-state index < -0.39 is 0 Å². The van der Waals surface area contributed by atoms with Crippen LogP contribution in [0.1, 0.15) is 25.8 Å². The van der Waals surface area contributed by atoms with Crippen LogP contribution in [0.3, 0.4) is 0 Å². The summed E-state index contributed by atoms with van der Waals surface area (Å²) >= 11 is 0. The van der Waals surface area contributed by atoms with Crippen LogP contribution in [-0.4, -0.2) is 16.6 Å². The predicted octanol–water partition coefficient (Wildman–Crippen LogP) is 1.50. The molecule has 0 radical (unpaired) electrons. The second-order valence-electron chi connectivity index (χ2n) is 3.86. The molecule has 0 spiro atoms. The van der Waals surface area contributed by atoms with E-state index in [1.165, 1.54) is 0 Å². The molecule has 1 aromatic rings. The zero-order valence-electron chi connectivity index (χ0n) is 9.45. The van der Waals surface area contributed by atoms with Crippen LogP contribution in [0.2, 0.25) is 0 Å². The summed E-state index contributed by atoms with van der Waals surface area (Å²) in [6.45, 7) is 6.89.